The lowest BCUT2D eigenvalue weighted by Gasteiger charge is -2.17. The van der Waals surface area contributed by atoms with Crippen LogP contribution in [0.3, 0.4) is 0 Å². The number of nitrogens with one attached hydrogen (secondary N) is 1. The summed E-state index contributed by atoms with van der Waals surface area (Å²) in [7, 11) is -3.31. The van der Waals surface area contributed by atoms with Gasteiger partial charge in [0.25, 0.3) is 0 Å². The molecule has 3 rings (SSSR count). The molecule has 2 fully saturated rings. The molecule has 98 valence electrons. The van der Waals surface area contributed by atoms with E-state index < -0.39 is 10.0 Å². The minimum atomic E-state index is -3.31. The Kier molecular flexibility index (Phi) is 2.92. The van der Waals surface area contributed by atoms with E-state index in [4.69, 9.17) is 0 Å². The molecule has 0 radical (unpaired) electrons. The second-order valence-electron chi connectivity index (χ2n) is 5.25. The van der Waals surface area contributed by atoms with Crippen LogP contribution in [0.2, 0.25) is 0 Å². The Bertz CT molecular complexity index is 544. The highest BCUT2D eigenvalue weighted by molar-refractivity contribution is 7.89. The van der Waals surface area contributed by atoms with Crippen molar-refractivity contribution in [2.45, 2.75) is 24.3 Å². The zero-order valence-electron chi connectivity index (χ0n) is 10.5. The molecular formula is C13H18N2O2S. The molecule has 0 saturated carbocycles. The average molecular weight is 266 g/mol. The van der Waals surface area contributed by atoms with Crippen LogP contribution >= 0.6 is 0 Å². The first-order valence-corrected chi connectivity index (χ1v) is 7.81. The number of benzene rings is 1. The largest absolute Gasteiger partial charge is 0.312 e. The second-order valence-corrected chi connectivity index (χ2v) is 7.19. The van der Waals surface area contributed by atoms with Crippen molar-refractivity contribution in [1.29, 1.82) is 0 Å². The second kappa shape index (κ2) is 4.33. The molecule has 2 atom stereocenters. The SMILES string of the molecule is Cc1cccc(S(=O)(=O)N2C[C@H]3CCN[C@H]3C2)c1. The Balaban J connectivity index is 1.87. The van der Waals surface area contributed by atoms with Crippen molar-refractivity contribution < 1.29 is 8.42 Å². The molecule has 1 aromatic rings. The Labute approximate surface area is 108 Å². The maximum atomic E-state index is 12.5. The van der Waals surface area contributed by atoms with Gasteiger partial charge >= 0.3 is 0 Å². The predicted molar refractivity (Wildman–Crippen MR) is 69.8 cm³/mol. The third-order valence-electron chi connectivity index (χ3n) is 3.96. The van der Waals surface area contributed by atoms with Crippen LogP contribution in [0.25, 0.3) is 0 Å². The van der Waals surface area contributed by atoms with Gasteiger partial charge in [-0.2, -0.15) is 4.31 Å². The number of rotatable bonds is 2. The Hall–Kier alpha value is -0.910. The molecule has 0 spiro atoms. The highest BCUT2D eigenvalue weighted by atomic mass is 32.2. The molecule has 2 aliphatic heterocycles. The van der Waals surface area contributed by atoms with E-state index in [1.807, 2.05) is 13.0 Å². The van der Waals surface area contributed by atoms with Gasteiger partial charge in [-0.1, -0.05) is 12.1 Å². The van der Waals surface area contributed by atoms with Gasteiger partial charge in [0.05, 0.1) is 4.90 Å². The molecular weight excluding hydrogens is 248 g/mol. The van der Waals surface area contributed by atoms with E-state index >= 15 is 0 Å². The van der Waals surface area contributed by atoms with Crippen molar-refractivity contribution in [3.05, 3.63) is 29.8 Å². The van der Waals surface area contributed by atoms with E-state index in [1.165, 1.54) is 0 Å². The van der Waals surface area contributed by atoms with Crippen molar-refractivity contribution in [1.82, 2.24) is 9.62 Å². The first-order chi connectivity index (χ1) is 8.57. The normalized spacial score (nSPS) is 28.5. The number of sulfonamides is 1. The van der Waals surface area contributed by atoms with Crippen LogP contribution in [-0.4, -0.2) is 38.4 Å². The Morgan fingerprint density at radius 1 is 1.33 bits per heavy atom. The molecule has 0 bridgehead atoms. The van der Waals surface area contributed by atoms with Gasteiger partial charge in [-0.05, 0) is 43.5 Å². The highest BCUT2D eigenvalue weighted by Crippen LogP contribution is 2.29. The molecule has 18 heavy (non-hydrogen) atoms. The number of hydrogen-bond donors (Lipinski definition) is 1. The molecule has 4 nitrogen and oxygen atoms in total. The number of nitrogens with zero attached hydrogens (tertiary/aromatic N) is 1. The van der Waals surface area contributed by atoms with Crippen molar-refractivity contribution in [3.8, 4) is 0 Å². The predicted octanol–water partition coefficient (Wildman–Crippen LogP) is 0.977. The average Bonchev–Trinajstić information content (AvgIpc) is 2.89. The maximum Gasteiger partial charge on any atom is 0.243 e. The molecule has 1 N–H and O–H groups in total. The zero-order chi connectivity index (χ0) is 12.8. The third-order valence-corrected chi connectivity index (χ3v) is 5.78. The monoisotopic (exact) mass is 266 g/mol. The summed E-state index contributed by atoms with van der Waals surface area (Å²) in [6, 6.07) is 7.50. The molecule has 5 heteroatoms. The van der Waals surface area contributed by atoms with Gasteiger partial charge in [0, 0.05) is 19.1 Å². The number of aryl methyl sites for hydroxylation is 1. The molecule has 1 aromatic carbocycles. The zero-order valence-corrected chi connectivity index (χ0v) is 11.3. The minimum absolute atomic E-state index is 0.351. The van der Waals surface area contributed by atoms with Gasteiger partial charge in [0.1, 0.15) is 0 Å². The van der Waals surface area contributed by atoms with Crippen molar-refractivity contribution in [2.24, 2.45) is 5.92 Å². The van der Waals surface area contributed by atoms with Gasteiger partial charge in [0.2, 0.25) is 10.0 Å². The van der Waals surface area contributed by atoms with Crippen molar-refractivity contribution in [3.63, 3.8) is 0 Å². The summed E-state index contributed by atoms with van der Waals surface area (Å²) < 4.78 is 26.7. The lowest BCUT2D eigenvalue weighted by atomic mass is 10.1. The van der Waals surface area contributed by atoms with Crippen LogP contribution in [0.15, 0.2) is 29.2 Å². The van der Waals surface area contributed by atoms with Gasteiger partial charge < -0.3 is 5.32 Å². The standard InChI is InChI=1S/C13H18N2O2S/c1-10-3-2-4-12(7-10)18(16,17)15-8-11-5-6-14-13(11)9-15/h2-4,7,11,13-14H,5-6,8-9H2,1H3/t11-,13+/m1/s1. The van der Waals surface area contributed by atoms with E-state index in [2.05, 4.69) is 5.32 Å². The summed E-state index contributed by atoms with van der Waals surface area (Å²) in [4.78, 5) is 0.419. The van der Waals surface area contributed by atoms with Gasteiger partial charge in [-0.15, -0.1) is 0 Å². The molecule has 0 aliphatic carbocycles. The summed E-state index contributed by atoms with van der Waals surface area (Å²) in [5, 5.41) is 3.38. The lowest BCUT2D eigenvalue weighted by molar-refractivity contribution is 0.448. The molecule has 2 saturated heterocycles. The van der Waals surface area contributed by atoms with Crippen molar-refractivity contribution >= 4 is 10.0 Å². The van der Waals surface area contributed by atoms with E-state index in [0.29, 0.717) is 29.9 Å². The first-order valence-electron chi connectivity index (χ1n) is 6.37. The van der Waals surface area contributed by atoms with E-state index in [-0.39, 0.29) is 0 Å². The molecule has 2 aliphatic rings. The summed E-state index contributed by atoms with van der Waals surface area (Å²) in [5.74, 6) is 0.490. The Morgan fingerprint density at radius 3 is 2.89 bits per heavy atom. The van der Waals surface area contributed by atoms with Crippen LogP contribution in [0.4, 0.5) is 0 Å². The van der Waals surface area contributed by atoms with Crippen LogP contribution in [0.1, 0.15) is 12.0 Å². The van der Waals surface area contributed by atoms with Gasteiger partial charge in [-0.25, -0.2) is 8.42 Å². The topological polar surface area (TPSA) is 49.4 Å². The number of hydrogen-bond acceptors (Lipinski definition) is 3. The summed E-state index contributed by atoms with van der Waals surface area (Å²) in [6.45, 7) is 4.21. The van der Waals surface area contributed by atoms with E-state index in [0.717, 1.165) is 18.5 Å². The summed E-state index contributed by atoms with van der Waals surface area (Å²) in [6.07, 6.45) is 1.09. The van der Waals surface area contributed by atoms with Crippen LogP contribution in [0.5, 0.6) is 0 Å². The third kappa shape index (κ3) is 1.96. The van der Waals surface area contributed by atoms with Crippen molar-refractivity contribution in [2.75, 3.05) is 19.6 Å². The fourth-order valence-corrected chi connectivity index (χ4v) is 4.56. The number of fused-ring (bicyclic) bond motifs is 1. The van der Waals surface area contributed by atoms with E-state index in [9.17, 15) is 8.42 Å². The van der Waals surface area contributed by atoms with Gasteiger partial charge in [-0.3, -0.25) is 0 Å². The van der Waals surface area contributed by atoms with Crippen LogP contribution in [-0.2, 0) is 10.0 Å². The fraction of sp³-hybridized carbons (Fsp3) is 0.538. The lowest BCUT2D eigenvalue weighted by Crippen LogP contribution is -2.34. The molecule has 0 unspecified atom stereocenters. The quantitative estimate of drug-likeness (QED) is 0.868. The molecule has 0 aromatic heterocycles. The van der Waals surface area contributed by atoms with Crippen LogP contribution in [0, 0.1) is 12.8 Å². The smallest absolute Gasteiger partial charge is 0.243 e. The Morgan fingerprint density at radius 2 is 2.17 bits per heavy atom. The molecule has 2 heterocycles. The van der Waals surface area contributed by atoms with E-state index in [1.54, 1.807) is 22.5 Å². The summed E-state index contributed by atoms with van der Waals surface area (Å²) in [5.41, 5.74) is 0.980. The maximum absolute atomic E-state index is 12.5. The van der Waals surface area contributed by atoms with Gasteiger partial charge in [0.15, 0.2) is 0 Å². The minimum Gasteiger partial charge on any atom is -0.312 e. The molecule has 0 amide bonds. The first kappa shape index (κ1) is 12.1. The fourth-order valence-electron chi connectivity index (χ4n) is 2.93. The van der Waals surface area contributed by atoms with Crippen LogP contribution < -0.4 is 5.32 Å². The highest BCUT2D eigenvalue weighted by Gasteiger charge is 2.41. The summed E-state index contributed by atoms with van der Waals surface area (Å²) >= 11 is 0.